The van der Waals surface area contributed by atoms with Gasteiger partial charge in [-0.15, -0.1) is 0 Å². The van der Waals surface area contributed by atoms with Gasteiger partial charge in [-0.2, -0.15) is 0 Å². The fourth-order valence-corrected chi connectivity index (χ4v) is 3.44. The molecular weight excluding hydrogens is 392 g/mol. The first kappa shape index (κ1) is 22.3. The van der Waals surface area contributed by atoms with Gasteiger partial charge in [0.15, 0.2) is 0 Å². The van der Waals surface area contributed by atoms with Gasteiger partial charge in [-0.25, -0.2) is 0 Å². The molecular formula is C24H30N4O3. The van der Waals surface area contributed by atoms with Gasteiger partial charge in [-0.3, -0.25) is 14.4 Å². The average Bonchev–Trinajstić information content (AvgIpc) is 3.33. The smallest absolute Gasteiger partial charge is 0.253 e. The molecule has 164 valence electrons. The maximum absolute atomic E-state index is 12.5. The van der Waals surface area contributed by atoms with Crippen LogP contribution in [0.2, 0.25) is 0 Å². The molecule has 0 aliphatic carbocycles. The number of carbonyl (C=O) groups is 3. The molecule has 3 amide bonds. The third kappa shape index (κ3) is 6.57. The fourth-order valence-electron chi connectivity index (χ4n) is 3.44. The van der Waals surface area contributed by atoms with Crippen molar-refractivity contribution < 1.29 is 14.4 Å². The highest BCUT2D eigenvalue weighted by atomic mass is 16.2. The summed E-state index contributed by atoms with van der Waals surface area (Å²) in [6, 6.07) is 14.0. The van der Waals surface area contributed by atoms with E-state index in [1.165, 1.54) is 0 Å². The number of benzene rings is 2. The van der Waals surface area contributed by atoms with E-state index in [4.69, 9.17) is 0 Å². The maximum atomic E-state index is 12.5. The van der Waals surface area contributed by atoms with Gasteiger partial charge < -0.3 is 20.9 Å². The third-order valence-corrected chi connectivity index (χ3v) is 5.20. The Morgan fingerprint density at radius 3 is 2.39 bits per heavy atom. The number of likely N-dealkylation sites (tertiary alicyclic amines) is 1. The van der Waals surface area contributed by atoms with Crippen molar-refractivity contribution in [3.63, 3.8) is 0 Å². The van der Waals surface area contributed by atoms with Crippen LogP contribution in [0.5, 0.6) is 0 Å². The highest BCUT2D eigenvalue weighted by Crippen LogP contribution is 2.16. The van der Waals surface area contributed by atoms with Gasteiger partial charge in [0.2, 0.25) is 5.91 Å². The van der Waals surface area contributed by atoms with Crippen LogP contribution in [0.25, 0.3) is 0 Å². The summed E-state index contributed by atoms with van der Waals surface area (Å²) in [5.41, 5.74) is 2.53. The van der Waals surface area contributed by atoms with Crippen molar-refractivity contribution >= 4 is 29.1 Å². The number of hydrogen-bond donors (Lipinski definition) is 3. The average molecular weight is 423 g/mol. The van der Waals surface area contributed by atoms with E-state index in [-0.39, 0.29) is 24.3 Å². The molecule has 1 saturated heterocycles. The van der Waals surface area contributed by atoms with Crippen molar-refractivity contribution in [3.8, 4) is 0 Å². The molecule has 1 heterocycles. The molecule has 1 aliphatic heterocycles. The lowest BCUT2D eigenvalue weighted by molar-refractivity contribution is -0.114. The normalized spacial score (nSPS) is 13.0. The lowest BCUT2D eigenvalue weighted by Gasteiger charge is -2.16. The molecule has 3 N–H and O–H groups in total. The SMILES string of the molecule is CCCCNC(=O)c1ccc(NC(=O)CNc2cccc(C(=O)N3CCCC3)c2)cc1. The van der Waals surface area contributed by atoms with Crippen LogP contribution >= 0.6 is 0 Å². The molecule has 0 radical (unpaired) electrons. The van der Waals surface area contributed by atoms with Crippen LogP contribution in [-0.4, -0.2) is 48.8 Å². The van der Waals surface area contributed by atoms with Gasteiger partial charge in [0.1, 0.15) is 0 Å². The van der Waals surface area contributed by atoms with Crippen LogP contribution < -0.4 is 16.0 Å². The van der Waals surface area contributed by atoms with Crippen LogP contribution in [0.15, 0.2) is 48.5 Å². The Morgan fingerprint density at radius 1 is 0.935 bits per heavy atom. The van der Waals surface area contributed by atoms with Crippen molar-refractivity contribution in [3.05, 3.63) is 59.7 Å². The van der Waals surface area contributed by atoms with Gasteiger partial charge in [0.05, 0.1) is 6.54 Å². The zero-order valence-electron chi connectivity index (χ0n) is 17.9. The highest BCUT2D eigenvalue weighted by Gasteiger charge is 2.19. The Morgan fingerprint density at radius 2 is 1.68 bits per heavy atom. The lowest BCUT2D eigenvalue weighted by atomic mass is 10.1. The number of anilines is 2. The van der Waals surface area contributed by atoms with Crippen molar-refractivity contribution in [2.24, 2.45) is 0 Å². The number of unbranched alkanes of at least 4 members (excludes halogenated alkanes) is 1. The molecule has 31 heavy (non-hydrogen) atoms. The van der Waals surface area contributed by atoms with E-state index in [1.54, 1.807) is 36.4 Å². The van der Waals surface area contributed by atoms with Crippen molar-refractivity contribution in [2.75, 3.05) is 36.8 Å². The number of nitrogens with one attached hydrogen (secondary N) is 3. The molecule has 2 aromatic rings. The van der Waals surface area contributed by atoms with Crippen LogP contribution in [0, 0.1) is 0 Å². The topological polar surface area (TPSA) is 90.5 Å². The quantitative estimate of drug-likeness (QED) is 0.540. The number of hydrogen-bond acceptors (Lipinski definition) is 4. The largest absolute Gasteiger partial charge is 0.376 e. The molecule has 0 atom stereocenters. The van der Waals surface area contributed by atoms with Crippen molar-refractivity contribution in [1.82, 2.24) is 10.2 Å². The summed E-state index contributed by atoms with van der Waals surface area (Å²) in [4.78, 5) is 38.7. The Kier molecular flexibility index (Phi) is 8.04. The van der Waals surface area contributed by atoms with Gasteiger partial charge in [0.25, 0.3) is 11.8 Å². The number of carbonyl (C=O) groups excluding carboxylic acids is 3. The Labute approximate surface area is 183 Å². The number of rotatable bonds is 9. The fraction of sp³-hybridized carbons (Fsp3) is 0.375. The Hall–Kier alpha value is -3.35. The van der Waals surface area contributed by atoms with Crippen LogP contribution in [-0.2, 0) is 4.79 Å². The molecule has 3 rings (SSSR count). The van der Waals surface area contributed by atoms with Gasteiger partial charge in [-0.05, 0) is 61.7 Å². The second kappa shape index (κ2) is 11.2. The molecule has 7 heteroatoms. The molecule has 0 bridgehead atoms. The summed E-state index contributed by atoms with van der Waals surface area (Å²) in [7, 11) is 0. The van der Waals surface area contributed by atoms with Gasteiger partial charge in [-0.1, -0.05) is 19.4 Å². The van der Waals surface area contributed by atoms with Crippen LogP contribution in [0.1, 0.15) is 53.3 Å². The third-order valence-electron chi connectivity index (χ3n) is 5.20. The van der Waals surface area contributed by atoms with E-state index >= 15 is 0 Å². The van der Waals surface area contributed by atoms with E-state index in [0.717, 1.165) is 44.5 Å². The zero-order chi connectivity index (χ0) is 22.1. The Balaban J connectivity index is 1.48. The molecule has 0 spiro atoms. The molecule has 0 saturated carbocycles. The summed E-state index contributed by atoms with van der Waals surface area (Å²) >= 11 is 0. The minimum atomic E-state index is -0.212. The van der Waals surface area contributed by atoms with Crippen LogP contribution in [0.3, 0.4) is 0 Å². The minimum Gasteiger partial charge on any atom is -0.376 e. The maximum Gasteiger partial charge on any atom is 0.253 e. The monoisotopic (exact) mass is 422 g/mol. The van der Waals surface area contributed by atoms with E-state index in [1.807, 2.05) is 17.0 Å². The molecule has 1 fully saturated rings. The second-order valence-electron chi connectivity index (χ2n) is 7.67. The summed E-state index contributed by atoms with van der Waals surface area (Å²) in [5.74, 6) is -0.294. The molecule has 1 aliphatic rings. The van der Waals surface area contributed by atoms with Gasteiger partial charge >= 0.3 is 0 Å². The first-order valence-corrected chi connectivity index (χ1v) is 10.9. The van der Waals surface area contributed by atoms with Gasteiger partial charge in [0, 0.05) is 42.1 Å². The summed E-state index contributed by atoms with van der Waals surface area (Å²) < 4.78 is 0. The Bertz CT molecular complexity index is 905. The van der Waals surface area contributed by atoms with E-state index in [9.17, 15) is 14.4 Å². The minimum absolute atomic E-state index is 0.0319. The highest BCUT2D eigenvalue weighted by molar-refractivity contribution is 5.97. The van der Waals surface area contributed by atoms with E-state index < -0.39 is 0 Å². The number of amides is 3. The first-order chi connectivity index (χ1) is 15.1. The lowest BCUT2D eigenvalue weighted by Crippen LogP contribution is -2.27. The molecule has 2 aromatic carbocycles. The standard InChI is InChI=1S/C24H30N4O3/c1-2-3-13-25-23(30)18-9-11-20(12-10-18)27-22(29)17-26-21-8-6-7-19(16-21)24(31)28-14-4-5-15-28/h6-12,16,26H,2-5,13-15,17H2,1H3,(H,25,30)(H,27,29). The predicted octanol–water partition coefficient (Wildman–Crippen LogP) is 3.50. The molecule has 7 nitrogen and oxygen atoms in total. The molecule has 0 aromatic heterocycles. The summed E-state index contributed by atoms with van der Waals surface area (Å²) in [6.45, 7) is 4.41. The van der Waals surface area contributed by atoms with Crippen LogP contribution in [0.4, 0.5) is 11.4 Å². The second-order valence-corrected chi connectivity index (χ2v) is 7.67. The zero-order valence-corrected chi connectivity index (χ0v) is 17.9. The van der Waals surface area contributed by atoms with E-state index in [2.05, 4.69) is 22.9 Å². The van der Waals surface area contributed by atoms with E-state index in [0.29, 0.717) is 23.4 Å². The van der Waals surface area contributed by atoms with Crippen molar-refractivity contribution in [1.29, 1.82) is 0 Å². The predicted molar refractivity (Wildman–Crippen MR) is 122 cm³/mol. The number of nitrogens with zero attached hydrogens (tertiary/aromatic N) is 1. The first-order valence-electron chi connectivity index (χ1n) is 10.9. The van der Waals surface area contributed by atoms with Crippen molar-refractivity contribution in [2.45, 2.75) is 32.6 Å². The summed E-state index contributed by atoms with van der Waals surface area (Å²) in [6.07, 6.45) is 4.07. The molecule has 0 unspecified atom stereocenters. The summed E-state index contributed by atoms with van der Waals surface area (Å²) in [5, 5.41) is 8.73.